The molecule has 1 aromatic rings. The molecular formula is C13H17ClN2O2S2. The summed E-state index contributed by atoms with van der Waals surface area (Å²) in [5.74, 6) is 6.19. The topological polar surface area (TPSA) is 72.2 Å². The molecule has 0 saturated heterocycles. The van der Waals surface area contributed by atoms with E-state index >= 15 is 0 Å². The Morgan fingerprint density at radius 2 is 2.20 bits per heavy atom. The predicted molar refractivity (Wildman–Crippen MR) is 85.5 cm³/mol. The molecule has 1 unspecified atom stereocenters. The summed E-state index contributed by atoms with van der Waals surface area (Å²) < 4.78 is 27.0. The normalized spacial score (nSPS) is 12.6. The summed E-state index contributed by atoms with van der Waals surface area (Å²) in [4.78, 5) is 0.0606. The van der Waals surface area contributed by atoms with E-state index in [-0.39, 0.29) is 22.5 Å². The van der Waals surface area contributed by atoms with Crippen molar-refractivity contribution >= 4 is 33.4 Å². The molecule has 3 N–H and O–H groups in total. The predicted octanol–water partition coefficient (Wildman–Crippen LogP) is 1.68. The van der Waals surface area contributed by atoms with Crippen molar-refractivity contribution in [1.29, 1.82) is 0 Å². The molecule has 110 valence electrons. The van der Waals surface area contributed by atoms with E-state index in [0.29, 0.717) is 11.3 Å². The van der Waals surface area contributed by atoms with Gasteiger partial charge in [-0.25, -0.2) is 13.1 Å². The molecule has 0 saturated carbocycles. The summed E-state index contributed by atoms with van der Waals surface area (Å²) in [5.41, 5.74) is 5.92. The third kappa shape index (κ3) is 5.00. The second-order valence-electron chi connectivity index (χ2n) is 4.13. The second-order valence-corrected chi connectivity index (χ2v) is 7.13. The van der Waals surface area contributed by atoms with Gasteiger partial charge in [0.2, 0.25) is 10.0 Å². The minimum atomic E-state index is -3.62. The van der Waals surface area contributed by atoms with Crippen LogP contribution in [0.25, 0.3) is 0 Å². The van der Waals surface area contributed by atoms with Crippen LogP contribution >= 0.6 is 23.4 Å². The van der Waals surface area contributed by atoms with Crippen molar-refractivity contribution in [1.82, 2.24) is 4.72 Å². The number of halogens is 1. The molecule has 0 amide bonds. The standard InChI is InChI=1S/C13H17ClN2O2S2/c1-10(9-19-2)16-20(17,18)13-6-5-11(4-3-7-15)8-12(13)14/h5-6,8,10,16H,7,9,15H2,1-2H3. The van der Waals surface area contributed by atoms with Crippen LogP contribution in [0.3, 0.4) is 0 Å². The molecule has 0 fully saturated rings. The molecule has 0 bridgehead atoms. The molecule has 0 spiro atoms. The Hall–Kier alpha value is -0.710. The molecular weight excluding hydrogens is 316 g/mol. The number of sulfonamides is 1. The van der Waals surface area contributed by atoms with Crippen molar-refractivity contribution in [2.75, 3.05) is 18.6 Å². The van der Waals surface area contributed by atoms with Gasteiger partial charge in [-0.3, -0.25) is 0 Å². The quantitative estimate of drug-likeness (QED) is 0.805. The number of nitrogens with one attached hydrogen (secondary N) is 1. The van der Waals surface area contributed by atoms with Gasteiger partial charge in [-0.2, -0.15) is 11.8 Å². The second kappa shape index (κ2) is 7.91. The molecule has 4 nitrogen and oxygen atoms in total. The van der Waals surface area contributed by atoms with Gasteiger partial charge in [0.1, 0.15) is 4.90 Å². The van der Waals surface area contributed by atoms with Crippen molar-refractivity contribution < 1.29 is 8.42 Å². The molecule has 7 heteroatoms. The van der Waals surface area contributed by atoms with E-state index in [2.05, 4.69) is 16.6 Å². The summed E-state index contributed by atoms with van der Waals surface area (Å²) in [6, 6.07) is 4.43. The van der Waals surface area contributed by atoms with Crippen LogP contribution in [0.5, 0.6) is 0 Å². The third-order valence-corrected chi connectivity index (χ3v) is 5.23. The lowest BCUT2D eigenvalue weighted by atomic mass is 10.2. The van der Waals surface area contributed by atoms with Crippen LogP contribution in [0.2, 0.25) is 5.02 Å². The van der Waals surface area contributed by atoms with Crippen LogP contribution in [0, 0.1) is 11.8 Å². The Bertz CT molecular complexity index is 621. The monoisotopic (exact) mass is 332 g/mol. The number of hydrogen-bond acceptors (Lipinski definition) is 4. The van der Waals surface area contributed by atoms with Crippen molar-refractivity contribution in [2.45, 2.75) is 17.9 Å². The number of rotatable bonds is 5. The van der Waals surface area contributed by atoms with Crippen molar-refractivity contribution in [3.8, 4) is 11.8 Å². The van der Waals surface area contributed by atoms with Gasteiger partial charge in [0.25, 0.3) is 0 Å². The number of thioether (sulfide) groups is 1. The van der Waals surface area contributed by atoms with E-state index in [9.17, 15) is 8.42 Å². The van der Waals surface area contributed by atoms with Gasteiger partial charge in [-0.15, -0.1) is 0 Å². The number of benzene rings is 1. The Morgan fingerprint density at radius 3 is 2.75 bits per heavy atom. The van der Waals surface area contributed by atoms with E-state index in [4.69, 9.17) is 17.3 Å². The zero-order valence-electron chi connectivity index (χ0n) is 11.3. The molecule has 0 aliphatic carbocycles. The van der Waals surface area contributed by atoms with Crippen LogP contribution in [0.4, 0.5) is 0 Å². The van der Waals surface area contributed by atoms with Gasteiger partial charge in [-0.05, 0) is 31.4 Å². The van der Waals surface area contributed by atoms with Crippen LogP contribution in [0.1, 0.15) is 12.5 Å². The van der Waals surface area contributed by atoms with Crippen LogP contribution in [-0.4, -0.2) is 33.0 Å². The molecule has 20 heavy (non-hydrogen) atoms. The van der Waals surface area contributed by atoms with Gasteiger partial charge in [0, 0.05) is 17.4 Å². The smallest absolute Gasteiger partial charge is 0.242 e. The molecule has 1 aromatic carbocycles. The lowest BCUT2D eigenvalue weighted by molar-refractivity contribution is 0.571. The average Bonchev–Trinajstić information content (AvgIpc) is 2.35. The summed E-state index contributed by atoms with van der Waals surface area (Å²) >= 11 is 7.60. The Kier molecular flexibility index (Phi) is 6.86. The average molecular weight is 333 g/mol. The van der Waals surface area contributed by atoms with E-state index < -0.39 is 10.0 Å². The van der Waals surface area contributed by atoms with Gasteiger partial charge in [0.05, 0.1) is 11.6 Å². The summed E-state index contributed by atoms with van der Waals surface area (Å²) in [5, 5.41) is 0.151. The van der Waals surface area contributed by atoms with E-state index in [1.165, 1.54) is 12.1 Å². The van der Waals surface area contributed by atoms with Crippen molar-refractivity contribution in [3.63, 3.8) is 0 Å². The maximum atomic E-state index is 12.2. The van der Waals surface area contributed by atoms with Crippen LogP contribution < -0.4 is 10.5 Å². The van der Waals surface area contributed by atoms with E-state index in [0.717, 1.165) is 0 Å². The zero-order chi connectivity index (χ0) is 15.2. The Balaban J connectivity index is 3.01. The van der Waals surface area contributed by atoms with Crippen molar-refractivity contribution in [3.05, 3.63) is 28.8 Å². The fourth-order valence-electron chi connectivity index (χ4n) is 1.56. The van der Waals surface area contributed by atoms with E-state index in [1.54, 1.807) is 17.8 Å². The molecule has 0 aliphatic heterocycles. The molecule has 0 heterocycles. The Morgan fingerprint density at radius 1 is 1.50 bits per heavy atom. The van der Waals surface area contributed by atoms with Gasteiger partial charge < -0.3 is 5.73 Å². The van der Waals surface area contributed by atoms with E-state index in [1.807, 2.05) is 13.2 Å². The largest absolute Gasteiger partial charge is 0.320 e. The third-order valence-electron chi connectivity index (χ3n) is 2.33. The molecule has 0 aliphatic rings. The highest BCUT2D eigenvalue weighted by Crippen LogP contribution is 2.22. The van der Waals surface area contributed by atoms with Gasteiger partial charge >= 0.3 is 0 Å². The minimum Gasteiger partial charge on any atom is -0.320 e. The van der Waals surface area contributed by atoms with Gasteiger partial charge in [0.15, 0.2) is 0 Å². The highest BCUT2D eigenvalue weighted by Gasteiger charge is 2.20. The molecule has 1 atom stereocenters. The Labute approximate surface area is 129 Å². The fourth-order valence-corrected chi connectivity index (χ4v) is 4.04. The molecule has 0 aromatic heterocycles. The zero-order valence-corrected chi connectivity index (χ0v) is 13.7. The van der Waals surface area contributed by atoms with Gasteiger partial charge in [-0.1, -0.05) is 23.4 Å². The summed E-state index contributed by atoms with van der Waals surface area (Å²) in [7, 11) is -3.62. The summed E-state index contributed by atoms with van der Waals surface area (Å²) in [6.45, 7) is 2.05. The maximum Gasteiger partial charge on any atom is 0.242 e. The number of nitrogens with two attached hydrogens (primary N) is 1. The SMILES string of the molecule is CSCC(C)NS(=O)(=O)c1ccc(C#CCN)cc1Cl. The maximum absolute atomic E-state index is 12.2. The lowest BCUT2D eigenvalue weighted by Gasteiger charge is -2.14. The summed E-state index contributed by atoms with van der Waals surface area (Å²) in [6.07, 6.45) is 1.92. The molecule has 0 radical (unpaired) electrons. The minimum absolute atomic E-state index is 0.0606. The number of hydrogen-bond donors (Lipinski definition) is 2. The first-order valence-electron chi connectivity index (χ1n) is 5.90. The van der Waals surface area contributed by atoms with Crippen molar-refractivity contribution in [2.24, 2.45) is 5.73 Å². The van der Waals surface area contributed by atoms with Crippen LogP contribution in [-0.2, 0) is 10.0 Å². The lowest BCUT2D eigenvalue weighted by Crippen LogP contribution is -2.34. The highest BCUT2D eigenvalue weighted by atomic mass is 35.5. The highest BCUT2D eigenvalue weighted by molar-refractivity contribution is 7.98. The first-order chi connectivity index (χ1) is 9.40. The molecule has 1 rings (SSSR count). The first-order valence-corrected chi connectivity index (χ1v) is 9.16. The van der Waals surface area contributed by atoms with Crippen LogP contribution in [0.15, 0.2) is 23.1 Å². The fraction of sp³-hybridized carbons (Fsp3) is 0.385. The first kappa shape index (κ1) is 17.3.